The van der Waals surface area contributed by atoms with Crippen LogP contribution < -0.4 is 10.1 Å². The van der Waals surface area contributed by atoms with E-state index >= 15 is 0 Å². The molecule has 0 bridgehead atoms. The summed E-state index contributed by atoms with van der Waals surface area (Å²) in [6, 6.07) is 5.50. The van der Waals surface area contributed by atoms with Crippen LogP contribution in [0.5, 0.6) is 5.75 Å². The fourth-order valence-corrected chi connectivity index (χ4v) is 2.13. The first kappa shape index (κ1) is 12.6. The Morgan fingerprint density at radius 3 is 2.88 bits per heavy atom. The lowest BCUT2D eigenvalue weighted by Crippen LogP contribution is -2.12. The maximum absolute atomic E-state index is 12.1. The molecule has 1 aliphatic carbocycles. The first-order valence-electron chi connectivity index (χ1n) is 5.49. The minimum absolute atomic E-state index is 0.311. The van der Waals surface area contributed by atoms with Crippen molar-refractivity contribution in [3.8, 4) is 5.75 Å². The Labute approximate surface area is 104 Å². The van der Waals surface area contributed by atoms with Crippen LogP contribution in [0.4, 0.5) is 8.78 Å². The Kier molecular flexibility index (Phi) is 3.84. The minimum Gasteiger partial charge on any atom is -0.487 e. The Bertz CT molecular complexity index is 400. The first-order valence-corrected chi connectivity index (χ1v) is 5.87. The van der Waals surface area contributed by atoms with E-state index in [0.717, 1.165) is 12.0 Å². The van der Waals surface area contributed by atoms with Crippen molar-refractivity contribution in [2.75, 3.05) is 13.7 Å². The highest BCUT2D eigenvalue weighted by molar-refractivity contribution is 6.30. The van der Waals surface area contributed by atoms with Crippen LogP contribution in [-0.4, -0.2) is 26.1 Å². The Morgan fingerprint density at radius 2 is 2.29 bits per heavy atom. The average molecular weight is 262 g/mol. The fraction of sp³-hybridized carbons (Fsp3) is 0.500. The molecule has 2 nitrogen and oxygen atoms in total. The molecule has 1 aromatic carbocycles. The van der Waals surface area contributed by atoms with Crippen molar-refractivity contribution in [1.29, 1.82) is 0 Å². The number of benzene rings is 1. The van der Waals surface area contributed by atoms with Gasteiger partial charge in [-0.2, -0.15) is 0 Å². The lowest BCUT2D eigenvalue weighted by molar-refractivity contribution is 0.0814. The summed E-state index contributed by atoms with van der Waals surface area (Å²) in [6.45, 7) is -0.578. The summed E-state index contributed by atoms with van der Waals surface area (Å²) < 4.78 is 29.4. The van der Waals surface area contributed by atoms with Gasteiger partial charge >= 0.3 is 0 Å². The average Bonchev–Trinajstić information content (AvgIpc) is 3.06. The van der Waals surface area contributed by atoms with Gasteiger partial charge in [0.05, 0.1) is 0 Å². The molecule has 1 aromatic rings. The van der Waals surface area contributed by atoms with Crippen LogP contribution in [0, 0.1) is 0 Å². The van der Waals surface area contributed by atoms with Gasteiger partial charge in [0.25, 0.3) is 6.43 Å². The van der Waals surface area contributed by atoms with Crippen molar-refractivity contribution in [2.45, 2.75) is 24.8 Å². The van der Waals surface area contributed by atoms with Gasteiger partial charge in [0, 0.05) is 22.5 Å². The monoisotopic (exact) mass is 261 g/mol. The molecular formula is C12H14ClF2NO. The predicted molar refractivity (Wildman–Crippen MR) is 63.2 cm³/mol. The molecular weight excluding hydrogens is 248 g/mol. The number of rotatable bonds is 5. The summed E-state index contributed by atoms with van der Waals surface area (Å²) in [7, 11) is 1.88. The van der Waals surface area contributed by atoms with E-state index in [0.29, 0.717) is 22.7 Å². The van der Waals surface area contributed by atoms with E-state index in [4.69, 9.17) is 16.3 Å². The Hall–Kier alpha value is -0.870. The molecule has 0 amide bonds. The second kappa shape index (κ2) is 5.19. The van der Waals surface area contributed by atoms with E-state index in [9.17, 15) is 8.78 Å². The van der Waals surface area contributed by atoms with Crippen molar-refractivity contribution >= 4 is 11.6 Å². The van der Waals surface area contributed by atoms with Gasteiger partial charge in [-0.25, -0.2) is 8.78 Å². The van der Waals surface area contributed by atoms with Crippen LogP contribution in [-0.2, 0) is 0 Å². The van der Waals surface area contributed by atoms with Crippen LogP contribution >= 0.6 is 11.6 Å². The van der Waals surface area contributed by atoms with Gasteiger partial charge in [-0.05, 0) is 31.7 Å². The standard InChI is InChI=1S/C12H14ClF2NO/c1-16-10-5-8(10)9-4-7(13)2-3-11(9)17-6-12(14)15/h2-4,8,10,12,16H,5-6H2,1H3. The van der Waals surface area contributed by atoms with E-state index in [1.807, 2.05) is 7.05 Å². The summed E-state index contributed by atoms with van der Waals surface area (Å²) in [5.74, 6) is 0.823. The highest BCUT2D eigenvalue weighted by atomic mass is 35.5. The van der Waals surface area contributed by atoms with Gasteiger partial charge in [-0.1, -0.05) is 11.6 Å². The number of ether oxygens (including phenoxy) is 1. The smallest absolute Gasteiger partial charge is 0.272 e. The third-order valence-electron chi connectivity index (χ3n) is 2.90. The minimum atomic E-state index is -2.46. The SMILES string of the molecule is CNC1CC1c1cc(Cl)ccc1OCC(F)F. The van der Waals surface area contributed by atoms with E-state index in [1.165, 1.54) is 0 Å². The van der Waals surface area contributed by atoms with Gasteiger partial charge in [0.1, 0.15) is 12.4 Å². The zero-order valence-corrected chi connectivity index (χ0v) is 10.2. The second-order valence-electron chi connectivity index (χ2n) is 4.12. The van der Waals surface area contributed by atoms with Crippen molar-refractivity contribution in [3.05, 3.63) is 28.8 Å². The van der Waals surface area contributed by atoms with Crippen molar-refractivity contribution in [2.24, 2.45) is 0 Å². The molecule has 0 aromatic heterocycles. The number of likely N-dealkylation sites (N-methyl/N-ethyl adjacent to an activating group) is 1. The molecule has 1 fully saturated rings. The Morgan fingerprint density at radius 1 is 1.53 bits per heavy atom. The van der Waals surface area contributed by atoms with Crippen molar-refractivity contribution < 1.29 is 13.5 Å². The van der Waals surface area contributed by atoms with E-state index in [-0.39, 0.29) is 0 Å². The molecule has 1 N–H and O–H groups in total. The third kappa shape index (κ3) is 3.07. The lowest BCUT2D eigenvalue weighted by atomic mass is 10.1. The van der Waals surface area contributed by atoms with E-state index in [2.05, 4.69) is 5.32 Å². The summed E-state index contributed by atoms with van der Waals surface area (Å²) in [5.41, 5.74) is 0.914. The molecule has 2 rings (SSSR count). The largest absolute Gasteiger partial charge is 0.487 e. The molecule has 17 heavy (non-hydrogen) atoms. The molecule has 1 aliphatic rings. The molecule has 0 aliphatic heterocycles. The number of halogens is 3. The second-order valence-corrected chi connectivity index (χ2v) is 4.56. The van der Waals surface area contributed by atoms with Crippen LogP contribution in [0.3, 0.4) is 0 Å². The maximum Gasteiger partial charge on any atom is 0.272 e. The molecule has 0 heterocycles. The molecule has 2 atom stereocenters. The maximum atomic E-state index is 12.1. The highest BCUT2D eigenvalue weighted by Crippen LogP contribution is 2.45. The van der Waals surface area contributed by atoms with E-state index < -0.39 is 13.0 Å². The zero-order chi connectivity index (χ0) is 12.4. The quantitative estimate of drug-likeness (QED) is 0.880. The van der Waals surface area contributed by atoms with Gasteiger partial charge in [0.15, 0.2) is 0 Å². The van der Waals surface area contributed by atoms with Gasteiger partial charge in [-0.3, -0.25) is 0 Å². The molecule has 1 saturated carbocycles. The van der Waals surface area contributed by atoms with Crippen LogP contribution in [0.1, 0.15) is 17.9 Å². The number of hydrogen-bond donors (Lipinski definition) is 1. The predicted octanol–water partition coefficient (Wildman–Crippen LogP) is 3.06. The topological polar surface area (TPSA) is 21.3 Å². The van der Waals surface area contributed by atoms with Crippen molar-refractivity contribution in [3.63, 3.8) is 0 Å². The van der Waals surface area contributed by atoms with E-state index in [1.54, 1.807) is 18.2 Å². The fourth-order valence-electron chi connectivity index (χ4n) is 1.95. The summed E-state index contributed by atoms with van der Waals surface area (Å²) >= 11 is 5.92. The number of nitrogens with one attached hydrogen (secondary N) is 1. The number of hydrogen-bond acceptors (Lipinski definition) is 2. The molecule has 2 unspecified atom stereocenters. The lowest BCUT2D eigenvalue weighted by Gasteiger charge is -2.11. The molecule has 94 valence electrons. The molecule has 0 spiro atoms. The normalized spacial score (nSPS) is 22.9. The number of alkyl halides is 2. The third-order valence-corrected chi connectivity index (χ3v) is 3.13. The van der Waals surface area contributed by atoms with Crippen LogP contribution in [0.2, 0.25) is 5.02 Å². The molecule has 5 heteroatoms. The van der Waals surface area contributed by atoms with Gasteiger partial charge in [0.2, 0.25) is 0 Å². The first-order chi connectivity index (χ1) is 8.11. The van der Waals surface area contributed by atoms with Crippen molar-refractivity contribution in [1.82, 2.24) is 5.32 Å². The summed E-state index contributed by atoms with van der Waals surface area (Å²) in [4.78, 5) is 0. The molecule has 0 radical (unpaired) electrons. The molecule has 0 saturated heterocycles. The zero-order valence-electron chi connectivity index (χ0n) is 9.42. The summed E-state index contributed by atoms with van der Waals surface area (Å²) in [6.07, 6.45) is -1.47. The Balaban J connectivity index is 2.14. The summed E-state index contributed by atoms with van der Waals surface area (Å²) in [5, 5.41) is 3.76. The van der Waals surface area contributed by atoms with Crippen LogP contribution in [0.25, 0.3) is 0 Å². The van der Waals surface area contributed by atoms with Crippen LogP contribution in [0.15, 0.2) is 18.2 Å². The highest BCUT2D eigenvalue weighted by Gasteiger charge is 2.39. The van der Waals surface area contributed by atoms with Gasteiger partial charge in [-0.15, -0.1) is 0 Å². The van der Waals surface area contributed by atoms with Gasteiger partial charge < -0.3 is 10.1 Å².